The number of nitrogens with zero attached hydrogens (tertiary/aromatic N) is 5. The molecule has 2 aliphatic heterocycles. The van der Waals surface area contributed by atoms with Crippen LogP contribution in [0.15, 0.2) is 46.2 Å². The molecule has 2 aliphatic rings. The van der Waals surface area contributed by atoms with Gasteiger partial charge in [-0.25, -0.2) is 9.59 Å². The van der Waals surface area contributed by atoms with Gasteiger partial charge in [-0.2, -0.15) is 27.5 Å². The molecule has 2 aromatic heterocycles. The summed E-state index contributed by atoms with van der Waals surface area (Å²) < 4.78 is 49.7. The molecule has 1 aromatic carbocycles. The molecule has 4 heterocycles. The average Bonchev–Trinajstić information content (AvgIpc) is 3.02. The monoisotopic (exact) mass is 655 g/mol. The molecular formula is C28H33BrF3N5O3S. The number of hydrogen-bond donors (Lipinski definition) is 1. The largest absolute Gasteiger partial charge is 0.444 e. The van der Waals surface area contributed by atoms with Gasteiger partial charge in [-0.15, -0.1) is 0 Å². The van der Waals surface area contributed by atoms with E-state index in [1.807, 2.05) is 30.9 Å². The zero-order valence-corrected chi connectivity index (χ0v) is 25.9. The number of rotatable bonds is 2. The van der Waals surface area contributed by atoms with Crippen molar-refractivity contribution in [2.24, 2.45) is 0 Å². The highest BCUT2D eigenvalue weighted by Crippen LogP contribution is 2.53. The lowest BCUT2D eigenvalue weighted by atomic mass is 10.0. The third-order valence-electron chi connectivity index (χ3n) is 7.33. The molecule has 13 heteroatoms. The summed E-state index contributed by atoms with van der Waals surface area (Å²) in [5.41, 5.74) is -0.752. The van der Waals surface area contributed by atoms with Crippen LogP contribution in [-0.2, 0) is 17.5 Å². The van der Waals surface area contributed by atoms with E-state index >= 15 is 0 Å². The lowest BCUT2D eigenvalue weighted by molar-refractivity contribution is -0.137. The van der Waals surface area contributed by atoms with Gasteiger partial charge in [0.2, 0.25) is 0 Å². The molecule has 1 fully saturated rings. The van der Waals surface area contributed by atoms with Crippen LogP contribution in [0.4, 0.5) is 23.8 Å². The molecule has 0 radical (unpaired) electrons. The van der Waals surface area contributed by atoms with Gasteiger partial charge in [-0.1, -0.05) is 6.07 Å². The first-order chi connectivity index (χ1) is 19.1. The Bertz CT molecular complexity index is 1520. The molecule has 0 saturated carbocycles. The first-order valence-corrected chi connectivity index (χ1v) is 16.9. The number of aromatic nitrogens is 3. The van der Waals surface area contributed by atoms with Crippen LogP contribution in [0.2, 0.25) is 0 Å². The van der Waals surface area contributed by atoms with Crippen molar-refractivity contribution in [2.75, 3.05) is 23.7 Å². The summed E-state index contributed by atoms with van der Waals surface area (Å²) in [6.07, 6.45) is -3.37. The molecule has 0 bridgehead atoms. The van der Waals surface area contributed by atoms with Crippen molar-refractivity contribution in [1.82, 2.24) is 19.4 Å². The van der Waals surface area contributed by atoms with Crippen LogP contribution in [0.3, 0.4) is 0 Å². The molecular weight excluding hydrogens is 623 g/mol. The molecule has 3 aromatic rings. The fourth-order valence-electron chi connectivity index (χ4n) is 5.68. The fourth-order valence-corrected chi connectivity index (χ4v) is 9.18. The Morgan fingerprint density at radius 3 is 2.37 bits per heavy atom. The van der Waals surface area contributed by atoms with Crippen LogP contribution < -0.4 is 10.6 Å². The molecule has 8 nitrogen and oxygen atoms in total. The van der Waals surface area contributed by atoms with Gasteiger partial charge in [0, 0.05) is 47.7 Å². The maximum atomic E-state index is 14.2. The van der Waals surface area contributed by atoms with Crippen molar-refractivity contribution in [3.05, 3.63) is 58.3 Å². The second kappa shape index (κ2) is 10.8. The van der Waals surface area contributed by atoms with E-state index in [1.165, 1.54) is 4.57 Å². The van der Waals surface area contributed by atoms with Crippen molar-refractivity contribution in [1.29, 1.82) is 0 Å². The minimum atomic E-state index is -4.59. The summed E-state index contributed by atoms with van der Waals surface area (Å²) in [7, 11) is -1.24. The maximum Gasteiger partial charge on any atom is 0.416 e. The molecule has 41 heavy (non-hydrogen) atoms. The third kappa shape index (κ3) is 5.93. The van der Waals surface area contributed by atoms with Crippen LogP contribution in [0.5, 0.6) is 0 Å². The van der Waals surface area contributed by atoms with E-state index in [4.69, 9.17) is 4.74 Å². The standard InChI is InChI=1S/C28H33BrF3N5O3S/c1-16-12-35(13-17(2)37(16)26(39)40-27(3,4)5)24-20-10-19(28(30,31)32)11-22-23(20)36(25(38)34-24)14-18(15-41(22)29)21-8-6-7-9-33-21/h6-11,16-18,41H,12-15H2,1-5H3/t16-,17+,18-/m0/s1. The molecule has 1 unspecified atom stereocenters. The summed E-state index contributed by atoms with van der Waals surface area (Å²) in [4.78, 5) is 39.3. The number of carbonyl (C=O) groups is 1. The number of hydrogen-bond acceptors (Lipinski definition) is 6. The van der Waals surface area contributed by atoms with Gasteiger partial charge in [0.05, 0.1) is 23.2 Å². The van der Waals surface area contributed by atoms with Crippen LogP contribution in [0.1, 0.15) is 51.8 Å². The van der Waals surface area contributed by atoms with E-state index in [1.54, 1.807) is 37.9 Å². The Labute approximate surface area is 246 Å². The maximum absolute atomic E-state index is 14.2. The van der Waals surface area contributed by atoms with E-state index < -0.39 is 38.5 Å². The number of pyridine rings is 1. The van der Waals surface area contributed by atoms with Gasteiger partial charge in [-0.05, 0) is 79.4 Å². The minimum Gasteiger partial charge on any atom is -0.444 e. The second-order valence-corrected chi connectivity index (χ2v) is 15.8. The molecule has 1 saturated heterocycles. The molecule has 0 aliphatic carbocycles. The first-order valence-electron chi connectivity index (χ1n) is 13.4. The number of piperazine rings is 1. The van der Waals surface area contributed by atoms with E-state index in [0.717, 1.165) is 17.8 Å². The molecule has 0 N–H and O–H groups in total. The van der Waals surface area contributed by atoms with E-state index in [0.29, 0.717) is 16.2 Å². The number of carbonyl (C=O) groups excluding carboxylic acids is 1. The highest BCUT2D eigenvalue weighted by Gasteiger charge is 2.39. The van der Waals surface area contributed by atoms with Crippen LogP contribution >= 0.6 is 24.1 Å². The van der Waals surface area contributed by atoms with Crippen molar-refractivity contribution >= 4 is 47.0 Å². The quantitative estimate of drug-likeness (QED) is 0.336. The Hall–Kier alpha value is -2.80. The number of amides is 1. The van der Waals surface area contributed by atoms with Gasteiger partial charge in [0.15, 0.2) is 0 Å². The molecule has 1 amide bonds. The van der Waals surface area contributed by atoms with Gasteiger partial charge in [-0.3, -0.25) is 14.5 Å². The fraction of sp³-hybridized carbons (Fsp3) is 0.500. The van der Waals surface area contributed by atoms with Gasteiger partial charge in [0.25, 0.3) is 0 Å². The topological polar surface area (TPSA) is 80.6 Å². The SMILES string of the molecule is C[C@@H]1CN(c2nc(=O)n3c4c(cc(C(F)(F)F)cc24)[SH](Br)C[C@@H](c2ccccn2)C3)C[C@H](C)N1C(=O)OC(C)(C)C. The Morgan fingerprint density at radius 2 is 1.78 bits per heavy atom. The lowest BCUT2D eigenvalue weighted by Gasteiger charge is -2.45. The van der Waals surface area contributed by atoms with Gasteiger partial charge < -0.3 is 9.64 Å². The van der Waals surface area contributed by atoms with Crippen molar-refractivity contribution in [3.8, 4) is 0 Å². The molecule has 0 spiro atoms. The number of benzene rings is 1. The predicted molar refractivity (Wildman–Crippen MR) is 158 cm³/mol. The Balaban J connectivity index is 1.63. The van der Waals surface area contributed by atoms with Crippen molar-refractivity contribution in [2.45, 2.75) is 75.8 Å². The first kappa shape index (κ1) is 29.7. The van der Waals surface area contributed by atoms with Crippen LogP contribution in [0, 0.1) is 0 Å². The minimum absolute atomic E-state index is 0.186. The van der Waals surface area contributed by atoms with E-state index in [-0.39, 0.29) is 48.8 Å². The summed E-state index contributed by atoms with van der Waals surface area (Å²) in [5, 5.41) is 0.271. The summed E-state index contributed by atoms with van der Waals surface area (Å²) in [6, 6.07) is 7.12. The summed E-state index contributed by atoms with van der Waals surface area (Å²) in [5.74, 6) is 0.527. The van der Waals surface area contributed by atoms with E-state index in [9.17, 15) is 22.8 Å². The number of ether oxygens (including phenoxy) is 1. The zero-order chi connectivity index (χ0) is 29.9. The molecule has 222 valence electrons. The Morgan fingerprint density at radius 1 is 1.10 bits per heavy atom. The molecule has 4 atom stereocenters. The number of anilines is 1. The summed E-state index contributed by atoms with van der Waals surface area (Å²) >= 11 is 3.71. The predicted octanol–water partition coefficient (Wildman–Crippen LogP) is 6.11. The number of thiol groups is 1. The lowest BCUT2D eigenvalue weighted by Crippen LogP contribution is -2.59. The second-order valence-electron chi connectivity index (χ2n) is 11.7. The van der Waals surface area contributed by atoms with E-state index in [2.05, 4.69) is 24.8 Å². The van der Waals surface area contributed by atoms with Gasteiger partial charge in [0.1, 0.15) is 11.4 Å². The van der Waals surface area contributed by atoms with Crippen molar-refractivity contribution < 1.29 is 22.7 Å². The Kier molecular flexibility index (Phi) is 7.82. The average molecular weight is 657 g/mol. The summed E-state index contributed by atoms with van der Waals surface area (Å²) in [6.45, 7) is 9.89. The van der Waals surface area contributed by atoms with Crippen molar-refractivity contribution in [3.63, 3.8) is 0 Å². The molecule has 5 rings (SSSR count). The number of alkyl halides is 3. The van der Waals surface area contributed by atoms with Crippen LogP contribution in [-0.4, -0.2) is 62.1 Å². The highest BCUT2D eigenvalue weighted by molar-refractivity contribution is 9.54. The number of halogens is 4. The highest BCUT2D eigenvalue weighted by atomic mass is 79.9. The zero-order valence-electron chi connectivity index (χ0n) is 23.4. The smallest absolute Gasteiger partial charge is 0.416 e. The van der Waals surface area contributed by atoms with Crippen LogP contribution in [0.25, 0.3) is 10.9 Å². The van der Waals surface area contributed by atoms with Gasteiger partial charge >= 0.3 is 18.0 Å². The third-order valence-corrected chi connectivity index (χ3v) is 11.0. The normalized spacial score (nSPS) is 24.3.